The Morgan fingerprint density at radius 1 is 1.50 bits per heavy atom. The van der Waals surface area contributed by atoms with Gasteiger partial charge in [0.1, 0.15) is 0 Å². The fraction of sp³-hybridized carbons (Fsp3) is 0.692. The maximum absolute atomic E-state index is 12.0. The van der Waals surface area contributed by atoms with Crippen molar-refractivity contribution < 1.29 is 0 Å². The number of nitrogens with one attached hydrogen (secondary N) is 1. The average Bonchev–Trinajstić information content (AvgIpc) is 2.87. The average molecular weight is 250 g/mol. The van der Waals surface area contributed by atoms with Gasteiger partial charge in [0.25, 0.3) is 5.56 Å². The molecule has 1 unspecified atom stereocenters. The molecule has 1 fully saturated rings. The van der Waals surface area contributed by atoms with Crippen molar-refractivity contribution in [3.05, 3.63) is 22.6 Å². The molecule has 2 heterocycles. The van der Waals surface area contributed by atoms with Crippen LogP contribution in [0, 0.1) is 5.92 Å². The van der Waals surface area contributed by atoms with E-state index in [9.17, 15) is 4.79 Å². The van der Waals surface area contributed by atoms with Crippen LogP contribution in [-0.2, 0) is 6.54 Å². The maximum Gasteiger partial charge on any atom is 0.268 e. The van der Waals surface area contributed by atoms with Crippen LogP contribution in [0.25, 0.3) is 0 Å². The largest absolute Gasteiger partial charge is 0.371 e. The van der Waals surface area contributed by atoms with Crippen LogP contribution in [-0.4, -0.2) is 36.0 Å². The zero-order valence-electron chi connectivity index (χ0n) is 11.2. The number of rotatable bonds is 5. The molecule has 0 spiro atoms. The molecule has 5 nitrogen and oxygen atoms in total. The van der Waals surface area contributed by atoms with Gasteiger partial charge in [0.15, 0.2) is 0 Å². The Hall–Kier alpha value is -1.36. The summed E-state index contributed by atoms with van der Waals surface area (Å²) >= 11 is 0. The van der Waals surface area contributed by atoms with Crippen LogP contribution in [0.1, 0.15) is 20.3 Å². The molecule has 1 aromatic rings. The standard InChI is InChI=1S/C13H22N4O/c1-3-16(4-2)12-7-13(18)17(15-9-12)10-11-5-6-14-8-11/h7,9,11,14H,3-6,8,10H2,1-2H3. The molecular weight excluding hydrogens is 228 g/mol. The van der Waals surface area contributed by atoms with E-state index < -0.39 is 0 Å². The lowest BCUT2D eigenvalue weighted by molar-refractivity contribution is 0.433. The second-order valence-electron chi connectivity index (χ2n) is 4.77. The Balaban J connectivity index is 2.11. The minimum Gasteiger partial charge on any atom is -0.371 e. The van der Waals surface area contributed by atoms with E-state index in [1.165, 1.54) is 0 Å². The third-order valence-electron chi connectivity index (χ3n) is 3.58. The van der Waals surface area contributed by atoms with Gasteiger partial charge in [0.2, 0.25) is 0 Å². The minimum atomic E-state index is 0.00583. The van der Waals surface area contributed by atoms with E-state index in [0.29, 0.717) is 5.92 Å². The Kier molecular flexibility index (Phi) is 4.36. The first kappa shape index (κ1) is 13.1. The van der Waals surface area contributed by atoms with Crippen molar-refractivity contribution in [1.29, 1.82) is 0 Å². The molecule has 0 aliphatic carbocycles. The van der Waals surface area contributed by atoms with E-state index in [1.807, 2.05) is 0 Å². The fourth-order valence-electron chi connectivity index (χ4n) is 2.44. The monoisotopic (exact) mass is 250 g/mol. The van der Waals surface area contributed by atoms with Gasteiger partial charge < -0.3 is 10.2 Å². The summed E-state index contributed by atoms with van der Waals surface area (Å²) in [5.74, 6) is 0.537. The maximum atomic E-state index is 12.0. The third-order valence-corrected chi connectivity index (χ3v) is 3.58. The number of nitrogens with zero attached hydrogens (tertiary/aromatic N) is 3. The van der Waals surface area contributed by atoms with E-state index in [4.69, 9.17) is 0 Å². The molecule has 18 heavy (non-hydrogen) atoms. The van der Waals surface area contributed by atoms with Crippen molar-refractivity contribution in [2.45, 2.75) is 26.8 Å². The van der Waals surface area contributed by atoms with Crippen molar-refractivity contribution in [2.75, 3.05) is 31.1 Å². The number of aromatic nitrogens is 2. The summed E-state index contributed by atoms with van der Waals surface area (Å²) in [5, 5.41) is 7.60. The van der Waals surface area contributed by atoms with Crippen molar-refractivity contribution in [2.24, 2.45) is 5.92 Å². The molecule has 0 saturated carbocycles. The van der Waals surface area contributed by atoms with Gasteiger partial charge in [-0.05, 0) is 39.3 Å². The molecule has 0 aromatic carbocycles. The van der Waals surface area contributed by atoms with Crippen molar-refractivity contribution in [3.63, 3.8) is 0 Å². The molecule has 1 aliphatic rings. The highest BCUT2D eigenvalue weighted by Gasteiger charge is 2.16. The molecule has 1 atom stereocenters. The van der Waals surface area contributed by atoms with Gasteiger partial charge in [-0.1, -0.05) is 0 Å². The summed E-state index contributed by atoms with van der Waals surface area (Å²) in [4.78, 5) is 14.2. The van der Waals surface area contributed by atoms with Gasteiger partial charge >= 0.3 is 0 Å². The van der Waals surface area contributed by atoms with E-state index in [2.05, 4.69) is 29.2 Å². The molecule has 0 radical (unpaired) electrons. The number of hydrogen-bond acceptors (Lipinski definition) is 4. The van der Waals surface area contributed by atoms with Crippen LogP contribution in [0.4, 0.5) is 5.69 Å². The lowest BCUT2D eigenvalue weighted by Crippen LogP contribution is -2.30. The first-order valence-corrected chi connectivity index (χ1v) is 6.77. The fourth-order valence-corrected chi connectivity index (χ4v) is 2.44. The highest BCUT2D eigenvalue weighted by molar-refractivity contribution is 5.42. The van der Waals surface area contributed by atoms with Gasteiger partial charge in [-0.2, -0.15) is 5.10 Å². The first-order chi connectivity index (χ1) is 8.74. The summed E-state index contributed by atoms with van der Waals surface area (Å²) in [5.41, 5.74) is 0.928. The lowest BCUT2D eigenvalue weighted by atomic mass is 10.1. The van der Waals surface area contributed by atoms with Crippen molar-refractivity contribution >= 4 is 5.69 Å². The Bertz CT molecular complexity index is 433. The van der Waals surface area contributed by atoms with Gasteiger partial charge in [0, 0.05) is 25.7 Å². The summed E-state index contributed by atoms with van der Waals surface area (Å²) < 4.78 is 1.59. The van der Waals surface area contributed by atoms with Crippen LogP contribution in [0.5, 0.6) is 0 Å². The second-order valence-corrected chi connectivity index (χ2v) is 4.77. The van der Waals surface area contributed by atoms with E-state index >= 15 is 0 Å². The normalized spacial score (nSPS) is 19.1. The molecule has 100 valence electrons. The molecule has 1 aromatic heterocycles. The number of hydrogen-bond donors (Lipinski definition) is 1. The SMILES string of the molecule is CCN(CC)c1cnn(CC2CCNC2)c(=O)c1. The summed E-state index contributed by atoms with van der Waals surface area (Å²) in [7, 11) is 0. The Morgan fingerprint density at radius 3 is 2.83 bits per heavy atom. The molecule has 0 amide bonds. The van der Waals surface area contributed by atoms with Crippen LogP contribution in [0.2, 0.25) is 0 Å². The van der Waals surface area contributed by atoms with E-state index in [0.717, 1.165) is 44.8 Å². The van der Waals surface area contributed by atoms with Crippen LogP contribution in [0.15, 0.2) is 17.1 Å². The van der Waals surface area contributed by atoms with Gasteiger partial charge in [-0.3, -0.25) is 4.79 Å². The first-order valence-electron chi connectivity index (χ1n) is 6.77. The van der Waals surface area contributed by atoms with Gasteiger partial charge in [-0.25, -0.2) is 4.68 Å². The van der Waals surface area contributed by atoms with E-state index in [1.54, 1.807) is 16.9 Å². The minimum absolute atomic E-state index is 0.00583. The van der Waals surface area contributed by atoms with Crippen molar-refractivity contribution in [1.82, 2.24) is 15.1 Å². The summed E-state index contributed by atoms with van der Waals surface area (Å²) in [6.45, 7) is 8.73. The Labute approximate surface area is 108 Å². The lowest BCUT2D eigenvalue weighted by Gasteiger charge is -2.20. The predicted molar refractivity (Wildman–Crippen MR) is 73.0 cm³/mol. The molecule has 1 aliphatic heterocycles. The van der Waals surface area contributed by atoms with Gasteiger partial charge in [-0.15, -0.1) is 0 Å². The van der Waals surface area contributed by atoms with Crippen molar-refractivity contribution in [3.8, 4) is 0 Å². The molecule has 1 saturated heterocycles. The quantitative estimate of drug-likeness (QED) is 0.836. The van der Waals surface area contributed by atoms with Gasteiger partial charge in [0.05, 0.1) is 11.9 Å². The third kappa shape index (κ3) is 2.90. The molecule has 1 N–H and O–H groups in total. The van der Waals surface area contributed by atoms with Crippen LogP contribution < -0.4 is 15.8 Å². The molecular formula is C13H22N4O. The topological polar surface area (TPSA) is 50.2 Å². The molecule has 2 rings (SSSR count). The van der Waals surface area contributed by atoms with Crippen LogP contribution in [0.3, 0.4) is 0 Å². The highest BCUT2D eigenvalue weighted by atomic mass is 16.1. The zero-order valence-corrected chi connectivity index (χ0v) is 11.2. The molecule has 5 heteroatoms. The predicted octanol–water partition coefficient (Wildman–Crippen LogP) is 0.699. The summed E-state index contributed by atoms with van der Waals surface area (Å²) in [6.07, 6.45) is 2.93. The Morgan fingerprint density at radius 2 is 2.28 bits per heavy atom. The zero-order chi connectivity index (χ0) is 13.0. The van der Waals surface area contributed by atoms with Crippen LogP contribution >= 0.6 is 0 Å². The molecule has 0 bridgehead atoms. The second kappa shape index (κ2) is 6.00. The van der Waals surface area contributed by atoms with E-state index in [-0.39, 0.29) is 5.56 Å². The smallest absolute Gasteiger partial charge is 0.268 e. The number of anilines is 1. The highest BCUT2D eigenvalue weighted by Crippen LogP contribution is 2.11. The summed E-state index contributed by atoms with van der Waals surface area (Å²) in [6, 6.07) is 1.70.